The van der Waals surface area contributed by atoms with Gasteiger partial charge in [-0.05, 0) is 52.5 Å². The molecule has 16 heteroatoms. The van der Waals surface area contributed by atoms with Crippen LogP contribution in [0.4, 0.5) is 36.6 Å². The third-order valence-corrected chi connectivity index (χ3v) is 8.47. The van der Waals surface area contributed by atoms with Crippen LogP contribution in [0.25, 0.3) is 10.4 Å². The molecule has 0 radical (unpaired) electrons. The van der Waals surface area contributed by atoms with E-state index in [0.29, 0.717) is 24.2 Å². The first-order valence-electron chi connectivity index (χ1n) is 13.1. The Labute approximate surface area is 240 Å². The number of aromatic nitrogens is 2. The van der Waals surface area contributed by atoms with Gasteiger partial charge >= 0.3 is 6.18 Å². The standard InChI is InChI=1S/C26H30F7N5O3S/c1-11-8-25(29,30)10-38(11)23(40)17-18(42-22(37-17)21(39)35-12(2)24(3,4)41)15-9-34-16(7-14(15)20(27)28)36-19(13-5-6-13)26(31,32)33/h7,9,11-13,19-20,41H,5-6,8,10H2,1-4H3,(H,34,36)(H,35,39)/t11-,12?,19?/m0/s1. The quantitative estimate of drug-likeness (QED) is 0.311. The average molecular weight is 626 g/mol. The highest BCUT2D eigenvalue weighted by Crippen LogP contribution is 2.43. The van der Waals surface area contributed by atoms with Crippen molar-refractivity contribution in [2.75, 3.05) is 11.9 Å². The lowest BCUT2D eigenvalue weighted by molar-refractivity contribution is -0.146. The summed E-state index contributed by atoms with van der Waals surface area (Å²) in [5.74, 6) is -6.29. The maximum absolute atomic E-state index is 14.3. The number of nitrogens with one attached hydrogen (secondary N) is 2. The highest BCUT2D eigenvalue weighted by molar-refractivity contribution is 7.17. The molecule has 2 aromatic heterocycles. The Morgan fingerprint density at radius 3 is 2.36 bits per heavy atom. The van der Waals surface area contributed by atoms with E-state index in [1.807, 2.05) is 0 Å². The molecule has 3 heterocycles. The molecule has 3 N–H and O–H groups in total. The van der Waals surface area contributed by atoms with E-state index in [1.54, 1.807) is 0 Å². The molecule has 1 aliphatic heterocycles. The molecule has 2 amide bonds. The number of halogens is 7. The summed E-state index contributed by atoms with van der Waals surface area (Å²) in [6.07, 6.45) is -7.07. The van der Waals surface area contributed by atoms with Crippen molar-refractivity contribution in [3.8, 4) is 10.4 Å². The van der Waals surface area contributed by atoms with Crippen molar-refractivity contribution < 1.29 is 45.4 Å². The molecule has 1 saturated carbocycles. The van der Waals surface area contributed by atoms with E-state index in [0.717, 1.165) is 17.2 Å². The van der Waals surface area contributed by atoms with E-state index in [-0.39, 0.29) is 15.4 Å². The SMILES string of the molecule is CC(NC(=O)c1nc(C(=O)N2CC(F)(F)C[C@@H]2C)c(-c2cnc(NC(C3CC3)C(F)(F)F)cc2C(F)F)s1)C(C)(C)O. The number of thiazole rings is 1. The smallest absolute Gasteiger partial charge is 0.388 e. The molecule has 8 nitrogen and oxygen atoms in total. The molecular formula is C26H30F7N5O3S. The molecule has 0 bridgehead atoms. The van der Waals surface area contributed by atoms with Gasteiger partial charge in [-0.25, -0.2) is 27.5 Å². The first-order valence-corrected chi connectivity index (χ1v) is 13.9. The number of rotatable bonds is 9. The summed E-state index contributed by atoms with van der Waals surface area (Å²) in [5, 5.41) is 14.5. The van der Waals surface area contributed by atoms with Crippen LogP contribution in [-0.4, -0.2) is 74.2 Å². The molecule has 2 unspecified atom stereocenters. The third kappa shape index (κ3) is 6.96. The van der Waals surface area contributed by atoms with E-state index < -0.39 is 90.0 Å². The summed E-state index contributed by atoms with van der Waals surface area (Å²) in [7, 11) is 0. The van der Waals surface area contributed by atoms with Gasteiger partial charge < -0.3 is 20.6 Å². The summed E-state index contributed by atoms with van der Waals surface area (Å²) in [5.41, 5.74) is -3.10. The van der Waals surface area contributed by atoms with Crippen molar-refractivity contribution >= 4 is 29.0 Å². The minimum atomic E-state index is -4.65. The third-order valence-electron chi connectivity index (χ3n) is 7.39. The summed E-state index contributed by atoms with van der Waals surface area (Å²) < 4.78 is 97.4. The van der Waals surface area contributed by atoms with Gasteiger partial charge in [0.15, 0.2) is 5.01 Å². The van der Waals surface area contributed by atoms with Crippen LogP contribution < -0.4 is 10.6 Å². The van der Waals surface area contributed by atoms with Gasteiger partial charge in [-0.15, -0.1) is 11.3 Å². The van der Waals surface area contributed by atoms with Crippen LogP contribution in [0.2, 0.25) is 0 Å². The van der Waals surface area contributed by atoms with Gasteiger partial charge in [0.05, 0.1) is 23.1 Å². The predicted molar refractivity (Wildman–Crippen MR) is 140 cm³/mol. The Morgan fingerprint density at radius 1 is 1.21 bits per heavy atom. The summed E-state index contributed by atoms with van der Waals surface area (Å²) in [6.45, 7) is 4.78. The number of pyridine rings is 1. The number of carbonyl (C=O) groups excluding carboxylic acids is 2. The fraction of sp³-hybridized carbons (Fsp3) is 0.615. The second kappa shape index (κ2) is 11.2. The van der Waals surface area contributed by atoms with Gasteiger partial charge in [-0.1, -0.05) is 0 Å². The Morgan fingerprint density at radius 2 is 1.86 bits per heavy atom. The maximum Gasteiger partial charge on any atom is 0.408 e. The number of hydrogen-bond acceptors (Lipinski definition) is 7. The van der Waals surface area contributed by atoms with Crippen LogP contribution in [0.5, 0.6) is 0 Å². The number of nitrogens with zero attached hydrogens (tertiary/aromatic N) is 3. The van der Waals surface area contributed by atoms with Crippen molar-refractivity contribution in [3.63, 3.8) is 0 Å². The molecule has 1 saturated heterocycles. The van der Waals surface area contributed by atoms with Crippen molar-refractivity contribution in [1.29, 1.82) is 0 Å². The number of hydrogen-bond donors (Lipinski definition) is 3. The molecule has 2 aromatic rings. The Balaban J connectivity index is 1.77. The van der Waals surface area contributed by atoms with E-state index in [9.17, 15) is 45.4 Å². The van der Waals surface area contributed by atoms with Gasteiger partial charge in [0.2, 0.25) is 0 Å². The lowest BCUT2D eigenvalue weighted by Gasteiger charge is -2.26. The van der Waals surface area contributed by atoms with Gasteiger partial charge in [-0.2, -0.15) is 13.2 Å². The van der Waals surface area contributed by atoms with Crippen molar-refractivity contribution in [2.24, 2.45) is 5.92 Å². The lowest BCUT2D eigenvalue weighted by atomic mass is 10.0. The Kier molecular flexibility index (Phi) is 8.54. The maximum atomic E-state index is 14.3. The van der Waals surface area contributed by atoms with Crippen molar-refractivity contribution in [2.45, 2.75) is 89.2 Å². The average Bonchev–Trinajstić information content (AvgIpc) is 3.52. The van der Waals surface area contributed by atoms with Crippen molar-refractivity contribution in [1.82, 2.24) is 20.2 Å². The fourth-order valence-electron chi connectivity index (χ4n) is 4.58. The molecule has 42 heavy (non-hydrogen) atoms. The zero-order chi connectivity index (χ0) is 31.4. The van der Waals surface area contributed by atoms with Crippen LogP contribution in [0.1, 0.15) is 79.2 Å². The van der Waals surface area contributed by atoms with Gasteiger partial charge in [0, 0.05) is 29.8 Å². The van der Waals surface area contributed by atoms with Crippen LogP contribution in [0.15, 0.2) is 12.3 Å². The van der Waals surface area contributed by atoms with Crippen LogP contribution in [0.3, 0.4) is 0 Å². The highest BCUT2D eigenvalue weighted by Gasteiger charge is 2.49. The number of alkyl halides is 7. The molecule has 0 aromatic carbocycles. The van der Waals surface area contributed by atoms with Crippen LogP contribution >= 0.6 is 11.3 Å². The number of likely N-dealkylation sites (tertiary alicyclic amines) is 1. The van der Waals surface area contributed by atoms with Gasteiger partial charge in [0.25, 0.3) is 24.2 Å². The highest BCUT2D eigenvalue weighted by atomic mass is 32.1. The molecule has 232 valence electrons. The summed E-state index contributed by atoms with van der Waals surface area (Å²) in [4.78, 5) is 34.9. The number of amides is 2. The molecule has 2 fully saturated rings. The number of aliphatic hydroxyl groups is 1. The zero-order valence-electron chi connectivity index (χ0n) is 23.0. The van der Waals surface area contributed by atoms with Gasteiger partial charge in [-0.3, -0.25) is 9.59 Å². The number of carbonyl (C=O) groups is 2. The molecule has 3 atom stereocenters. The van der Waals surface area contributed by atoms with Crippen LogP contribution in [0, 0.1) is 5.92 Å². The second-order valence-corrected chi connectivity index (χ2v) is 12.3. The van der Waals surface area contributed by atoms with E-state index in [4.69, 9.17) is 0 Å². The van der Waals surface area contributed by atoms with Crippen LogP contribution in [-0.2, 0) is 0 Å². The predicted octanol–water partition coefficient (Wildman–Crippen LogP) is 5.65. The van der Waals surface area contributed by atoms with E-state index >= 15 is 0 Å². The van der Waals surface area contributed by atoms with Gasteiger partial charge in [0.1, 0.15) is 17.6 Å². The number of anilines is 1. The van der Waals surface area contributed by atoms with E-state index in [2.05, 4.69) is 20.6 Å². The van der Waals surface area contributed by atoms with E-state index in [1.165, 1.54) is 27.7 Å². The summed E-state index contributed by atoms with van der Waals surface area (Å²) >= 11 is 0.519. The lowest BCUT2D eigenvalue weighted by Crippen LogP contribution is -2.47. The molecule has 4 rings (SSSR count). The molecule has 1 aliphatic carbocycles. The van der Waals surface area contributed by atoms with Crippen molar-refractivity contribution in [3.05, 3.63) is 28.5 Å². The zero-order valence-corrected chi connectivity index (χ0v) is 23.8. The first-order chi connectivity index (χ1) is 19.3. The molecule has 0 spiro atoms. The minimum absolute atomic E-state index is 0.285. The monoisotopic (exact) mass is 625 g/mol. The first kappa shape index (κ1) is 31.9. The fourth-order valence-corrected chi connectivity index (χ4v) is 5.57. The second-order valence-electron chi connectivity index (χ2n) is 11.3. The topological polar surface area (TPSA) is 107 Å². The molecule has 2 aliphatic rings. The largest absolute Gasteiger partial charge is 0.408 e. The Bertz CT molecular complexity index is 1340. The Hall–Kier alpha value is -3.01. The minimum Gasteiger partial charge on any atom is -0.388 e. The molecular weight excluding hydrogens is 595 g/mol. The summed E-state index contributed by atoms with van der Waals surface area (Å²) in [6, 6.07) is -3.01. The normalized spacial score (nSPS) is 20.5.